The number of nitrogens with zero attached hydrogens (tertiary/aromatic N) is 2. The third-order valence-electron chi connectivity index (χ3n) is 5.90. The van der Waals surface area contributed by atoms with E-state index in [-0.39, 0.29) is 23.4 Å². The minimum atomic E-state index is -4.17. The summed E-state index contributed by atoms with van der Waals surface area (Å²) in [6, 6.07) is 17.9. The van der Waals surface area contributed by atoms with E-state index in [1.54, 1.807) is 55.5 Å². The molecule has 0 aliphatic carbocycles. The van der Waals surface area contributed by atoms with Crippen LogP contribution in [0.25, 0.3) is 0 Å². The van der Waals surface area contributed by atoms with Gasteiger partial charge in [-0.15, -0.1) is 0 Å². The Morgan fingerprint density at radius 3 is 2.08 bits per heavy atom. The number of sulfonamides is 1. The molecule has 0 fully saturated rings. The molecule has 0 aliphatic heterocycles. The molecule has 7 nitrogen and oxygen atoms in total. The number of carbonyl (C=O) groups excluding carboxylic acids is 2. The highest BCUT2D eigenvalue weighted by molar-refractivity contribution is 7.92. The van der Waals surface area contributed by atoms with Crippen molar-refractivity contribution in [1.29, 1.82) is 0 Å². The summed E-state index contributed by atoms with van der Waals surface area (Å²) in [5, 5.41) is 3.99. The first kappa shape index (κ1) is 30.8. The maximum absolute atomic E-state index is 14.0. The number of rotatable bonds is 11. The quantitative estimate of drug-likeness (QED) is 0.281. The maximum Gasteiger partial charge on any atom is 0.264 e. The van der Waals surface area contributed by atoms with E-state index >= 15 is 0 Å². The van der Waals surface area contributed by atoms with Crippen LogP contribution in [-0.2, 0) is 26.2 Å². The van der Waals surface area contributed by atoms with Gasteiger partial charge in [0.1, 0.15) is 12.6 Å². The van der Waals surface area contributed by atoms with E-state index in [4.69, 9.17) is 34.8 Å². The molecule has 3 aromatic carbocycles. The highest BCUT2D eigenvalue weighted by Gasteiger charge is 2.34. The van der Waals surface area contributed by atoms with Gasteiger partial charge in [-0.3, -0.25) is 13.9 Å². The SMILES string of the molecule is CC[C@@H](C(=O)NC(C)C)N(Cc1ccc(Cl)cc1Cl)C(=O)CN(c1ccccc1)S(=O)(=O)c1ccc(Cl)cc1. The topological polar surface area (TPSA) is 86.8 Å². The number of benzene rings is 3. The smallest absolute Gasteiger partial charge is 0.264 e. The molecule has 11 heteroatoms. The summed E-state index contributed by atoms with van der Waals surface area (Å²) in [4.78, 5) is 28.5. The third kappa shape index (κ3) is 7.88. The first-order chi connectivity index (χ1) is 18.4. The molecule has 0 heterocycles. The molecule has 3 aromatic rings. The van der Waals surface area contributed by atoms with Crippen LogP contribution >= 0.6 is 34.8 Å². The third-order valence-corrected chi connectivity index (χ3v) is 8.52. The van der Waals surface area contributed by atoms with Crippen LogP contribution < -0.4 is 9.62 Å². The van der Waals surface area contributed by atoms with Crippen molar-refractivity contribution in [3.05, 3.63) is 93.4 Å². The van der Waals surface area contributed by atoms with Gasteiger partial charge < -0.3 is 10.2 Å². The minimum Gasteiger partial charge on any atom is -0.352 e. The average Bonchev–Trinajstić information content (AvgIpc) is 2.88. The Hall–Kier alpha value is -2.78. The van der Waals surface area contributed by atoms with Crippen molar-refractivity contribution >= 4 is 62.3 Å². The van der Waals surface area contributed by atoms with Crippen LogP contribution in [0.3, 0.4) is 0 Å². The van der Waals surface area contributed by atoms with E-state index in [0.29, 0.717) is 32.7 Å². The number of para-hydroxylation sites is 1. The second-order valence-corrected chi connectivity index (χ2v) is 12.3. The molecule has 0 bridgehead atoms. The minimum absolute atomic E-state index is 0.0253. The highest BCUT2D eigenvalue weighted by Crippen LogP contribution is 2.27. The van der Waals surface area contributed by atoms with Crippen LogP contribution in [0, 0.1) is 0 Å². The number of hydrogen-bond acceptors (Lipinski definition) is 4. The summed E-state index contributed by atoms with van der Waals surface area (Å²) < 4.78 is 28.6. The normalized spacial score (nSPS) is 12.2. The molecule has 3 rings (SSSR count). The molecule has 0 aliphatic rings. The fourth-order valence-corrected chi connectivity index (χ4v) is 6.00. The number of halogens is 3. The van der Waals surface area contributed by atoms with Gasteiger partial charge in [0, 0.05) is 27.7 Å². The molecule has 0 unspecified atom stereocenters. The highest BCUT2D eigenvalue weighted by atomic mass is 35.5. The lowest BCUT2D eigenvalue weighted by Gasteiger charge is -2.33. The van der Waals surface area contributed by atoms with Crippen LogP contribution in [0.15, 0.2) is 77.7 Å². The molecule has 0 spiro atoms. The maximum atomic E-state index is 14.0. The number of nitrogens with one attached hydrogen (secondary N) is 1. The van der Waals surface area contributed by atoms with Gasteiger partial charge in [-0.2, -0.15) is 0 Å². The van der Waals surface area contributed by atoms with Gasteiger partial charge in [-0.25, -0.2) is 8.42 Å². The Balaban J connectivity index is 2.06. The van der Waals surface area contributed by atoms with Gasteiger partial charge >= 0.3 is 0 Å². The summed E-state index contributed by atoms with van der Waals surface area (Å²) >= 11 is 18.4. The first-order valence-electron chi connectivity index (χ1n) is 12.3. The number of carbonyl (C=O) groups is 2. The zero-order chi connectivity index (χ0) is 28.7. The molecule has 0 aromatic heterocycles. The number of amides is 2. The van der Waals surface area contributed by atoms with Crippen LogP contribution in [0.1, 0.15) is 32.8 Å². The van der Waals surface area contributed by atoms with Crippen LogP contribution in [0.2, 0.25) is 15.1 Å². The molecule has 208 valence electrons. The van der Waals surface area contributed by atoms with E-state index in [1.807, 2.05) is 13.8 Å². The Labute approximate surface area is 244 Å². The van der Waals surface area contributed by atoms with Crippen molar-refractivity contribution < 1.29 is 18.0 Å². The Morgan fingerprint density at radius 2 is 1.51 bits per heavy atom. The molecule has 2 amide bonds. The molecule has 39 heavy (non-hydrogen) atoms. The molecular weight excluding hydrogens is 581 g/mol. The molecule has 0 saturated heterocycles. The fraction of sp³-hybridized carbons (Fsp3) is 0.286. The van der Waals surface area contributed by atoms with Gasteiger partial charge in [0.25, 0.3) is 10.0 Å². The second kappa shape index (κ2) is 13.5. The van der Waals surface area contributed by atoms with Gasteiger partial charge in [-0.05, 0) is 74.4 Å². The van der Waals surface area contributed by atoms with Crippen molar-refractivity contribution in [2.75, 3.05) is 10.8 Å². The lowest BCUT2D eigenvalue weighted by Crippen LogP contribution is -2.53. The van der Waals surface area contributed by atoms with Crippen LogP contribution in [-0.4, -0.2) is 43.8 Å². The van der Waals surface area contributed by atoms with Crippen molar-refractivity contribution in [3.8, 4) is 0 Å². The fourth-order valence-electron chi connectivity index (χ4n) is 3.99. The van der Waals surface area contributed by atoms with Crippen molar-refractivity contribution in [2.45, 2.75) is 50.7 Å². The van der Waals surface area contributed by atoms with Crippen molar-refractivity contribution in [2.24, 2.45) is 0 Å². The molecule has 0 saturated carbocycles. The first-order valence-corrected chi connectivity index (χ1v) is 14.9. The van der Waals surface area contributed by atoms with E-state index in [9.17, 15) is 18.0 Å². The summed E-state index contributed by atoms with van der Waals surface area (Å²) in [5.41, 5.74) is 0.863. The molecule has 1 atom stereocenters. The monoisotopic (exact) mass is 609 g/mol. The van der Waals surface area contributed by atoms with Crippen molar-refractivity contribution in [1.82, 2.24) is 10.2 Å². The Morgan fingerprint density at radius 1 is 0.897 bits per heavy atom. The zero-order valence-electron chi connectivity index (χ0n) is 21.8. The number of anilines is 1. The van der Waals surface area contributed by atoms with E-state index in [2.05, 4.69) is 5.32 Å². The van der Waals surface area contributed by atoms with Crippen molar-refractivity contribution in [3.63, 3.8) is 0 Å². The van der Waals surface area contributed by atoms with Crippen LogP contribution in [0.5, 0.6) is 0 Å². The summed E-state index contributed by atoms with van der Waals surface area (Å²) in [7, 11) is -4.17. The van der Waals surface area contributed by atoms with Gasteiger partial charge in [-0.1, -0.05) is 66.0 Å². The molecule has 1 N–H and O–H groups in total. The predicted molar refractivity (Wildman–Crippen MR) is 157 cm³/mol. The number of hydrogen-bond donors (Lipinski definition) is 1. The largest absolute Gasteiger partial charge is 0.352 e. The summed E-state index contributed by atoms with van der Waals surface area (Å²) in [6.07, 6.45) is 0.296. The lowest BCUT2D eigenvalue weighted by molar-refractivity contribution is -0.140. The van der Waals surface area contributed by atoms with Gasteiger partial charge in [0.05, 0.1) is 10.6 Å². The van der Waals surface area contributed by atoms with Crippen LogP contribution in [0.4, 0.5) is 5.69 Å². The average molecular weight is 611 g/mol. The van der Waals surface area contributed by atoms with E-state index in [0.717, 1.165) is 4.31 Å². The summed E-state index contributed by atoms with van der Waals surface area (Å²) in [6.45, 7) is 4.85. The van der Waals surface area contributed by atoms with E-state index in [1.165, 1.54) is 29.2 Å². The second-order valence-electron chi connectivity index (χ2n) is 9.15. The standard InChI is InChI=1S/C28H30Cl3N3O4S/c1-4-26(28(36)32-19(2)3)33(17-20-10-11-22(30)16-25(20)31)27(35)18-34(23-8-6-5-7-9-23)39(37,38)24-14-12-21(29)13-15-24/h5-16,19,26H,4,17-18H2,1-3H3,(H,32,36)/t26-/m0/s1. The molecular formula is C28H30Cl3N3O4S. The molecule has 0 radical (unpaired) electrons. The predicted octanol–water partition coefficient (Wildman–Crippen LogP) is 6.17. The van der Waals surface area contributed by atoms with E-state index < -0.39 is 28.5 Å². The van der Waals surface area contributed by atoms with Gasteiger partial charge in [0.2, 0.25) is 11.8 Å². The van der Waals surface area contributed by atoms with Gasteiger partial charge in [0.15, 0.2) is 0 Å². The summed E-state index contributed by atoms with van der Waals surface area (Å²) in [5.74, 6) is -0.925. The zero-order valence-corrected chi connectivity index (χ0v) is 24.9. The lowest BCUT2D eigenvalue weighted by atomic mass is 10.1. The Bertz CT molecular complexity index is 1400. The Kier molecular flexibility index (Phi) is 10.7.